The van der Waals surface area contributed by atoms with Gasteiger partial charge >= 0.3 is 0 Å². The molecule has 0 saturated heterocycles. The van der Waals surface area contributed by atoms with E-state index in [-0.39, 0.29) is 0 Å². The molecule has 0 atom stereocenters. The van der Waals surface area contributed by atoms with Crippen molar-refractivity contribution in [3.63, 3.8) is 0 Å². The summed E-state index contributed by atoms with van der Waals surface area (Å²) in [6.45, 7) is 7.88. The van der Waals surface area contributed by atoms with Gasteiger partial charge in [-0.2, -0.15) is 0 Å². The highest BCUT2D eigenvalue weighted by molar-refractivity contribution is 4.89. The summed E-state index contributed by atoms with van der Waals surface area (Å²) in [5.41, 5.74) is 0. The van der Waals surface area contributed by atoms with Crippen LogP contribution in [0, 0.1) is 35.5 Å². The van der Waals surface area contributed by atoms with Gasteiger partial charge in [0, 0.05) is 0 Å². The van der Waals surface area contributed by atoms with Crippen LogP contribution in [0.1, 0.15) is 89.9 Å². The first kappa shape index (κ1) is 18.3. The van der Waals surface area contributed by atoms with Gasteiger partial charge < -0.3 is 0 Å². The van der Waals surface area contributed by atoms with E-state index in [0.717, 1.165) is 35.5 Å². The molecule has 136 valence electrons. The van der Waals surface area contributed by atoms with E-state index in [4.69, 9.17) is 0 Å². The minimum atomic E-state index is 0.828. The zero-order valence-corrected chi connectivity index (χ0v) is 15.9. The summed E-state index contributed by atoms with van der Waals surface area (Å²) < 4.78 is 0. The van der Waals surface area contributed by atoms with E-state index in [1.807, 2.05) is 0 Å². The van der Waals surface area contributed by atoms with Crippen LogP contribution in [0.25, 0.3) is 0 Å². The molecule has 3 aliphatic carbocycles. The SMILES string of the molecule is C=CCCC1CCC(C2CCC(C3CCC(C=C)CC3)CC2)CC1. The topological polar surface area (TPSA) is 0 Å². The third kappa shape index (κ3) is 4.77. The van der Waals surface area contributed by atoms with Gasteiger partial charge in [0.25, 0.3) is 0 Å². The van der Waals surface area contributed by atoms with Crippen molar-refractivity contribution in [3.8, 4) is 0 Å². The summed E-state index contributed by atoms with van der Waals surface area (Å²) in [6.07, 6.45) is 25.0. The minimum absolute atomic E-state index is 0.828. The third-order valence-electron chi connectivity index (χ3n) is 7.97. The van der Waals surface area contributed by atoms with Crippen LogP contribution in [0.2, 0.25) is 0 Å². The molecule has 0 N–H and O–H groups in total. The smallest absolute Gasteiger partial charge is 0.0236 e. The second-order valence-electron chi connectivity index (χ2n) is 9.23. The summed E-state index contributed by atoms with van der Waals surface area (Å²) in [5.74, 6) is 6.10. The van der Waals surface area contributed by atoms with Crippen molar-refractivity contribution in [2.24, 2.45) is 35.5 Å². The van der Waals surface area contributed by atoms with Crippen LogP contribution in [-0.2, 0) is 0 Å². The molecule has 3 fully saturated rings. The molecule has 0 radical (unpaired) electrons. The molecular formula is C24H40. The second kappa shape index (κ2) is 9.25. The molecular weight excluding hydrogens is 288 g/mol. The van der Waals surface area contributed by atoms with Gasteiger partial charge in [0.15, 0.2) is 0 Å². The van der Waals surface area contributed by atoms with Crippen molar-refractivity contribution in [1.29, 1.82) is 0 Å². The Bertz CT molecular complexity index is 371. The van der Waals surface area contributed by atoms with Crippen LogP contribution >= 0.6 is 0 Å². The summed E-state index contributed by atoms with van der Waals surface area (Å²) in [5, 5.41) is 0. The van der Waals surface area contributed by atoms with Gasteiger partial charge in [-0.25, -0.2) is 0 Å². The van der Waals surface area contributed by atoms with Crippen LogP contribution in [0.4, 0.5) is 0 Å². The van der Waals surface area contributed by atoms with E-state index in [2.05, 4.69) is 25.3 Å². The monoisotopic (exact) mass is 328 g/mol. The molecule has 0 spiro atoms. The van der Waals surface area contributed by atoms with E-state index in [1.54, 1.807) is 25.7 Å². The predicted octanol–water partition coefficient (Wildman–Crippen LogP) is 7.56. The fourth-order valence-electron chi connectivity index (χ4n) is 6.24. The Morgan fingerprint density at radius 3 is 1.42 bits per heavy atom. The summed E-state index contributed by atoms with van der Waals surface area (Å²) in [7, 11) is 0. The largest absolute Gasteiger partial charge is 0.103 e. The highest BCUT2D eigenvalue weighted by atomic mass is 14.4. The van der Waals surface area contributed by atoms with Crippen molar-refractivity contribution in [3.05, 3.63) is 25.3 Å². The molecule has 3 saturated carbocycles. The Morgan fingerprint density at radius 2 is 1.00 bits per heavy atom. The van der Waals surface area contributed by atoms with Gasteiger partial charge in [-0.05, 0) is 113 Å². The lowest BCUT2D eigenvalue weighted by Gasteiger charge is -2.41. The molecule has 3 aliphatic rings. The lowest BCUT2D eigenvalue weighted by molar-refractivity contribution is 0.107. The highest BCUT2D eigenvalue weighted by Crippen LogP contribution is 2.46. The van der Waals surface area contributed by atoms with Gasteiger partial charge in [0.1, 0.15) is 0 Å². The van der Waals surface area contributed by atoms with Gasteiger partial charge in [0.05, 0.1) is 0 Å². The van der Waals surface area contributed by atoms with E-state index in [1.165, 1.54) is 64.2 Å². The minimum Gasteiger partial charge on any atom is -0.103 e. The molecule has 0 aliphatic heterocycles. The molecule has 0 heteroatoms. The first-order valence-electron chi connectivity index (χ1n) is 11.0. The second-order valence-corrected chi connectivity index (χ2v) is 9.23. The lowest BCUT2D eigenvalue weighted by Crippen LogP contribution is -2.29. The summed E-state index contributed by atoms with van der Waals surface area (Å²) in [4.78, 5) is 0. The molecule has 0 aromatic rings. The van der Waals surface area contributed by atoms with Crippen molar-refractivity contribution >= 4 is 0 Å². The maximum atomic E-state index is 4.00. The number of allylic oxidation sites excluding steroid dienone is 2. The van der Waals surface area contributed by atoms with Crippen LogP contribution in [0.5, 0.6) is 0 Å². The first-order valence-corrected chi connectivity index (χ1v) is 11.0. The van der Waals surface area contributed by atoms with Gasteiger partial charge in [-0.15, -0.1) is 13.2 Å². The molecule has 0 aromatic heterocycles. The summed E-state index contributed by atoms with van der Waals surface area (Å²) in [6, 6.07) is 0. The highest BCUT2D eigenvalue weighted by Gasteiger charge is 2.34. The quantitative estimate of drug-likeness (QED) is 0.441. The van der Waals surface area contributed by atoms with Crippen LogP contribution in [-0.4, -0.2) is 0 Å². The van der Waals surface area contributed by atoms with E-state index < -0.39 is 0 Å². The van der Waals surface area contributed by atoms with Crippen LogP contribution in [0.3, 0.4) is 0 Å². The van der Waals surface area contributed by atoms with Gasteiger partial charge in [-0.1, -0.05) is 25.0 Å². The van der Waals surface area contributed by atoms with Crippen molar-refractivity contribution in [2.45, 2.75) is 89.9 Å². The Hall–Kier alpha value is -0.520. The Kier molecular flexibility index (Phi) is 7.05. The molecule has 0 heterocycles. The van der Waals surface area contributed by atoms with Crippen molar-refractivity contribution in [2.75, 3.05) is 0 Å². The van der Waals surface area contributed by atoms with Crippen LogP contribution < -0.4 is 0 Å². The molecule has 0 amide bonds. The fraction of sp³-hybridized carbons (Fsp3) is 0.833. The third-order valence-corrected chi connectivity index (χ3v) is 7.97. The van der Waals surface area contributed by atoms with Gasteiger partial charge in [0.2, 0.25) is 0 Å². The number of hydrogen-bond acceptors (Lipinski definition) is 0. The van der Waals surface area contributed by atoms with Crippen molar-refractivity contribution in [1.82, 2.24) is 0 Å². The van der Waals surface area contributed by atoms with E-state index >= 15 is 0 Å². The lowest BCUT2D eigenvalue weighted by atomic mass is 9.65. The fourth-order valence-corrected chi connectivity index (χ4v) is 6.24. The Morgan fingerprint density at radius 1 is 0.583 bits per heavy atom. The average molecular weight is 329 g/mol. The Labute approximate surface area is 151 Å². The molecule has 0 unspecified atom stereocenters. The van der Waals surface area contributed by atoms with Crippen molar-refractivity contribution < 1.29 is 0 Å². The molecule has 3 rings (SSSR count). The molecule has 0 aromatic carbocycles. The van der Waals surface area contributed by atoms with Crippen LogP contribution in [0.15, 0.2) is 25.3 Å². The normalized spacial score (nSPS) is 40.8. The molecule has 0 nitrogen and oxygen atoms in total. The predicted molar refractivity (Wildman–Crippen MR) is 106 cm³/mol. The van der Waals surface area contributed by atoms with Gasteiger partial charge in [-0.3, -0.25) is 0 Å². The zero-order valence-electron chi connectivity index (χ0n) is 15.9. The average Bonchev–Trinajstić information content (AvgIpc) is 2.67. The number of hydrogen-bond donors (Lipinski definition) is 0. The van der Waals surface area contributed by atoms with E-state index in [0.29, 0.717) is 0 Å². The maximum absolute atomic E-state index is 4.00. The zero-order chi connectivity index (χ0) is 16.8. The number of rotatable bonds is 6. The summed E-state index contributed by atoms with van der Waals surface area (Å²) >= 11 is 0. The molecule has 24 heavy (non-hydrogen) atoms. The first-order chi connectivity index (χ1) is 11.8. The van der Waals surface area contributed by atoms with E-state index in [9.17, 15) is 0 Å². The Balaban J connectivity index is 1.37. The standard InChI is InChI=1S/C24H40/c1-3-5-6-20-9-13-22(14-10-20)24-17-15-23(16-18-24)21-11-7-19(4-2)8-12-21/h3-4,19-24H,1-2,5-18H2. The molecule has 0 bridgehead atoms. The maximum Gasteiger partial charge on any atom is -0.0236 e.